The number of anilines is 1. The maximum absolute atomic E-state index is 14.3. The fourth-order valence-corrected chi connectivity index (χ4v) is 3.38. The van der Waals surface area contributed by atoms with E-state index in [9.17, 15) is 14.0 Å². The molecule has 0 spiro atoms. The first-order chi connectivity index (χ1) is 13.4. The second-order valence-corrected chi connectivity index (χ2v) is 6.71. The van der Waals surface area contributed by atoms with Gasteiger partial charge < -0.3 is 4.74 Å². The summed E-state index contributed by atoms with van der Waals surface area (Å²) in [7, 11) is 1.24. The van der Waals surface area contributed by atoms with Gasteiger partial charge in [0.15, 0.2) is 0 Å². The molecule has 6 heteroatoms. The molecule has 0 N–H and O–H groups in total. The van der Waals surface area contributed by atoms with Gasteiger partial charge in [-0.2, -0.15) is 0 Å². The van der Waals surface area contributed by atoms with E-state index in [4.69, 9.17) is 16.3 Å². The lowest BCUT2D eigenvalue weighted by atomic mass is 10.0. The Labute approximate surface area is 167 Å². The van der Waals surface area contributed by atoms with Gasteiger partial charge in [0.2, 0.25) is 0 Å². The molecule has 144 valence electrons. The predicted molar refractivity (Wildman–Crippen MR) is 107 cm³/mol. The van der Waals surface area contributed by atoms with E-state index in [0.717, 1.165) is 12.0 Å². The minimum absolute atomic E-state index is 0.0379. The Morgan fingerprint density at radius 1 is 1.21 bits per heavy atom. The lowest BCUT2D eigenvalue weighted by Gasteiger charge is -2.18. The number of rotatable bonds is 4. The van der Waals surface area contributed by atoms with Crippen molar-refractivity contribution in [2.24, 2.45) is 0 Å². The number of aryl methyl sites for hydroxylation is 1. The van der Waals surface area contributed by atoms with Crippen molar-refractivity contribution in [1.82, 2.24) is 0 Å². The Balaban J connectivity index is 2.16. The van der Waals surface area contributed by atoms with E-state index in [-0.39, 0.29) is 21.7 Å². The van der Waals surface area contributed by atoms with E-state index in [2.05, 4.69) is 0 Å². The molecule has 0 radical (unpaired) electrons. The van der Waals surface area contributed by atoms with Gasteiger partial charge in [0, 0.05) is 16.9 Å². The third kappa shape index (κ3) is 3.45. The fraction of sp³-hybridized carbons (Fsp3) is 0.182. The molecule has 0 atom stereocenters. The average molecular weight is 400 g/mol. The number of carbonyl (C=O) groups is 2. The Morgan fingerprint density at radius 2 is 1.89 bits per heavy atom. The number of amides is 1. The first-order valence-corrected chi connectivity index (χ1v) is 9.15. The molecule has 0 bridgehead atoms. The van der Waals surface area contributed by atoms with Crippen molar-refractivity contribution in [2.75, 3.05) is 12.0 Å². The van der Waals surface area contributed by atoms with Crippen LogP contribution < -0.4 is 4.90 Å². The maximum atomic E-state index is 14.3. The number of allylic oxidation sites excluding steroid dienone is 1. The molecule has 4 nitrogen and oxygen atoms in total. The van der Waals surface area contributed by atoms with Gasteiger partial charge in [-0.1, -0.05) is 36.7 Å². The number of carbonyl (C=O) groups excluding carboxylic acids is 2. The van der Waals surface area contributed by atoms with Crippen molar-refractivity contribution in [1.29, 1.82) is 0 Å². The predicted octanol–water partition coefficient (Wildman–Crippen LogP) is 4.92. The van der Waals surface area contributed by atoms with E-state index in [1.807, 2.05) is 31.2 Å². The number of nitrogens with zero attached hydrogens (tertiary/aromatic N) is 1. The summed E-state index contributed by atoms with van der Waals surface area (Å²) in [4.78, 5) is 27.0. The monoisotopic (exact) mass is 399 g/mol. The summed E-state index contributed by atoms with van der Waals surface area (Å²) in [6, 6.07) is 11.7. The van der Waals surface area contributed by atoms with E-state index < -0.39 is 17.7 Å². The molecule has 28 heavy (non-hydrogen) atoms. The van der Waals surface area contributed by atoms with Crippen molar-refractivity contribution in [2.45, 2.75) is 20.3 Å². The molecule has 0 saturated carbocycles. The van der Waals surface area contributed by atoms with E-state index >= 15 is 0 Å². The Bertz CT molecular complexity index is 989. The molecular weight excluding hydrogens is 381 g/mol. The number of hydrogen-bond acceptors (Lipinski definition) is 3. The number of hydrogen-bond donors (Lipinski definition) is 0. The highest BCUT2D eigenvalue weighted by Crippen LogP contribution is 2.36. The fourth-order valence-electron chi connectivity index (χ4n) is 3.16. The Kier molecular flexibility index (Phi) is 5.66. The molecule has 1 amide bonds. The number of esters is 1. The third-order valence-corrected chi connectivity index (χ3v) is 5.01. The first-order valence-electron chi connectivity index (χ1n) is 8.77. The summed E-state index contributed by atoms with van der Waals surface area (Å²) in [6.45, 7) is 3.69. The van der Waals surface area contributed by atoms with Gasteiger partial charge >= 0.3 is 5.97 Å². The second-order valence-electron chi connectivity index (χ2n) is 6.31. The summed E-state index contributed by atoms with van der Waals surface area (Å²) in [5.74, 6) is -1.70. The van der Waals surface area contributed by atoms with Crippen molar-refractivity contribution >= 4 is 35.2 Å². The van der Waals surface area contributed by atoms with Crippen LogP contribution in [0.1, 0.15) is 25.0 Å². The number of benzene rings is 2. The normalized spacial score (nSPS) is 15.5. The molecule has 2 aromatic carbocycles. The quantitative estimate of drug-likeness (QED) is 0.541. The van der Waals surface area contributed by atoms with Crippen LogP contribution in [0.4, 0.5) is 10.1 Å². The van der Waals surface area contributed by atoms with Crippen LogP contribution in [-0.4, -0.2) is 19.0 Å². The molecule has 1 aliphatic heterocycles. The van der Waals surface area contributed by atoms with Gasteiger partial charge in [-0.25, -0.2) is 9.18 Å². The number of halogens is 2. The minimum Gasteiger partial charge on any atom is -0.465 e. The topological polar surface area (TPSA) is 46.6 Å². The van der Waals surface area contributed by atoms with Gasteiger partial charge in [-0.3, -0.25) is 9.69 Å². The van der Waals surface area contributed by atoms with Crippen LogP contribution in [0.2, 0.25) is 5.02 Å². The Hall–Kier alpha value is -2.92. The zero-order chi connectivity index (χ0) is 20.4. The number of methoxy groups -OCH3 is 1. The standard InChI is InChI=1S/C22H19ClFNO3/c1-4-14-8-10-15(11-9-14)25-13(2)20(22(27)28-3)17(21(25)26)12-16-18(23)6-5-7-19(16)24/h5-12H,4H2,1-3H3/b17-12-. The highest BCUT2D eigenvalue weighted by Gasteiger charge is 2.38. The summed E-state index contributed by atoms with van der Waals surface area (Å²) < 4.78 is 19.1. The summed E-state index contributed by atoms with van der Waals surface area (Å²) in [5, 5.41) is 0.146. The van der Waals surface area contributed by atoms with Crippen LogP contribution in [0.3, 0.4) is 0 Å². The summed E-state index contributed by atoms with van der Waals surface area (Å²) in [6.07, 6.45) is 2.17. The van der Waals surface area contributed by atoms with Gasteiger partial charge in [0.25, 0.3) is 5.91 Å². The molecule has 0 aromatic heterocycles. The van der Waals surface area contributed by atoms with Crippen LogP contribution in [-0.2, 0) is 20.7 Å². The summed E-state index contributed by atoms with van der Waals surface area (Å²) >= 11 is 6.10. The van der Waals surface area contributed by atoms with Crippen LogP contribution in [0, 0.1) is 5.82 Å². The van der Waals surface area contributed by atoms with Crippen molar-refractivity contribution in [3.63, 3.8) is 0 Å². The molecule has 1 aliphatic rings. The SMILES string of the molecule is CCc1ccc(N2C(=O)/C(=C\c3c(F)cccc3Cl)C(C(=O)OC)=C2C)cc1. The highest BCUT2D eigenvalue weighted by molar-refractivity contribution is 6.32. The average Bonchev–Trinajstić information content (AvgIpc) is 2.94. The zero-order valence-corrected chi connectivity index (χ0v) is 16.5. The number of ether oxygens (including phenoxy) is 1. The Morgan fingerprint density at radius 3 is 2.46 bits per heavy atom. The van der Waals surface area contributed by atoms with Crippen LogP contribution >= 0.6 is 11.6 Å². The molecular formula is C22H19ClFNO3. The van der Waals surface area contributed by atoms with Gasteiger partial charge in [-0.15, -0.1) is 0 Å². The molecule has 0 saturated heterocycles. The largest absolute Gasteiger partial charge is 0.465 e. The second kappa shape index (κ2) is 7.98. The van der Waals surface area contributed by atoms with Crippen molar-refractivity contribution in [3.05, 3.63) is 81.3 Å². The minimum atomic E-state index is -0.669. The molecule has 3 rings (SSSR count). The maximum Gasteiger partial charge on any atom is 0.340 e. The van der Waals surface area contributed by atoms with Crippen LogP contribution in [0.15, 0.2) is 59.3 Å². The van der Waals surface area contributed by atoms with Gasteiger partial charge in [0.1, 0.15) is 5.82 Å². The molecule has 0 unspecified atom stereocenters. The molecule has 1 heterocycles. The van der Waals surface area contributed by atoms with E-state index in [1.54, 1.807) is 6.92 Å². The smallest absolute Gasteiger partial charge is 0.340 e. The van der Waals surface area contributed by atoms with Crippen LogP contribution in [0.5, 0.6) is 0 Å². The lowest BCUT2D eigenvalue weighted by Crippen LogP contribution is -2.24. The lowest BCUT2D eigenvalue weighted by molar-refractivity contribution is -0.136. The van der Waals surface area contributed by atoms with Crippen LogP contribution in [0.25, 0.3) is 6.08 Å². The van der Waals surface area contributed by atoms with Gasteiger partial charge in [-0.05, 0) is 49.2 Å². The molecule has 2 aromatic rings. The van der Waals surface area contributed by atoms with E-state index in [1.165, 1.54) is 36.3 Å². The zero-order valence-electron chi connectivity index (χ0n) is 15.8. The van der Waals surface area contributed by atoms with E-state index in [0.29, 0.717) is 11.4 Å². The first kappa shape index (κ1) is 19.8. The van der Waals surface area contributed by atoms with Crippen molar-refractivity contribution < 1.29 is 18.7 Å². The third-order valence-electron chi connectivity index (χ3n) is 4.68. The highest BCUT2D eigenvalue weighted by atomic mass is 35.5. The molecule has 0 aliphatic carbocycles. The molecule has 0 fully saturated rings. The van der Waals surface area contributed by atoms with Crippen molar-refractivity contribution in [3.8, 4) is 0 Å². The van der Waals surface area contributed by atoms with Gasteiger partial charge in [0.05, 0.1) is 23.3 Å². The summed E-state index contributed by atoms with van der Waals surface area (Å²) in [5.41, 5.74) is 2.33.